The number of aliphatic carboxylic acids is 1. The molecule has 212 valence electrons. The number of rotatable bonds is 17. The second-order valence-electron chi connectivity index (χ2n) is 8.41. The van der Waals surface area contributed by atoms with Gasteiger partial charge in [0.25, 0.3) is 0 Å². The van der Waals surface area contributed by atoms with Gasteiger partial charge in [0.05, 0.1) is 6.04 Å². The Morgan fingerprint density at radius 1 is 0.974 bits per heavy atom. The highest BCUT2D eigenvalue weighted by molar-refractivity contribution is 7.98. The molecule has 0 heterocycles. The topological polar surface area (TPSA) is 235 Å². The molecule has 0 saturated carbocycles. The first-order valence-corrected chi connectivity index (χ1v) is 13.8. The van der Waals surface area contributed by atoms with Crippen LogP contribution in [0.15, 0.2) is 29.3 Å². The Morgan fingerprint density at radius 3 is 2.05 bits per heavy atom. The summed E-state index contributed by atoms with van der Waals surface area (Å²) in [7, 11) is 0. The molecule has 0 fully saturated rings. The second-order valence-corrected chi connectivity index (χ2v) is 9.76. The van der Waals surface area contributed by atoms with Crippen molar-refractivity contribution >= 4 is 54.0 Å². The number of phenolic OH excluding ortho intramolecular Hbond substituents is 1. The van der Waals surface area contributed by atoms with Gasteiger partial charge in [-0.25, -0.2) is 4.79 Å². The summed E-state index contributed by atoms with van der Waals surface area (Å²) in [6.07, 6.45) is 2.70. The van der Waals surface area contributed by atoms with Crippen molar-refractivity contribution in [3.63, 3.8) is 0 Å². The first-order valence-electron chi connectivity index (χ1n) is 11.8. The molecule has 38 heavy (non-hydrogen) atoms. The maximum atomic E-state index is 13.2. The molecule has 0 bridgehead atoms. The predicted octanol–water partition coefficient (Wildman–Crippen LogP) is -1.46. The zero-order valence-corrected chi connectivity index (χ0v) is 22.8. The number of nitrogens with one attached hydrogen (secondary N) is 3. The molecule has 15 heteroatoms. The standard InChI is InChI=1S/C23H37N7O6S2/c1-38-10-8-17(21(34)30-18(12-37)22(35)36)29-20(33)16(3-2-9-27-23(25)26)28-19(32)15(24)11-13-4-6-14(31)7-5-13/h4-7,15-18,31,37H,2-3,8-12,24H2,1H3,(H,28,32)(H,29,33)(H,30,34)(H,35,36)(H4,25,26,27). The number of carbonyl (C=O) groups is 4. The van der Waals surface area contributed by atoms with E-state index in [2.05, 4.69) is 33.6 Å². The van der Waals surface area contributed by atoms with Crippen molar-refractivity contribution in [3.8, 4) is 5.75 Å². The molecular formula is C23H37N7O6S2. The van der Waals surface area contributed by atoms with Gasteiger partial charge in [-0.05, 0) is 55.4 Å². The van der Waals surface area contributed by atoms with Crippen LogP contribution in [0.2, 0.25) is 0 Å². The molecule has 0 saturated heterocycles. The molecule has 11 N–H and O–H groups in total. The summed E-state index contributed by atoms with van der Waals surface area (Å²) in [6, 6.07) is 1.89. The van der Waals surface area contributed by atoms with E-state index in [-0.39, 0.29) is 43.3 Å². The number of carbonyl (C=O) groups excluding carboxylic acids is 3. The number of thiol groups is 1. The van der Waals surface area contributed by atoms with Gasteiger partial charge in [0, 0.05) is 12.3 Å². The molecule has 1 rings (SSSR count). The van der Waals surface area contributed by atoms with Crippen LogP contribution in [0.3, 0.4) is 0 Å². The summed E-state index contributed by atoms with van der Waals surface area (Å²) in [6.45, 7) is 0.209. The summed E-state index contributed by atoms with van der Waals surface area (Å²) < 4.78 is 0. The lowest BCUT2D eigenvalue weighted by Gasteiger charge is -2.25. The number of hydrogen-bond acceptors (Lipinski definition) is 9. The van der Waals surface area contributed by atoms with E-state index in [1.54, 1.807) is 12.1 Å². The van der Waals surface area contributed by atoms with Crippen LogP contribution in [0.4, 0.5) is 0 Å². The number of phenols is 1. The molecule has 3 amide bonds. The third kappa shape index (κ3) is 12.4. The Bertz CT molecular complexity index is 960. The molecule has 4 atom stereocenters. The van der Waals surface area contributed by atoms with E-state index >= 15 is 0 Å². The zero-order chi connectivity index (χ0) is 28.7. The highest BCUT2D eigenvalue weighted by Crippen LogP contribution is 2.11. The van der Waals surface area contributed by atoms with Crippen molar-refractivity contribution in [2.75, 3.05) is 24.3 Å². The van der Waals surface area contributed by atoms with E-state index in [9.17, 15) is 29.4 Å². The maximum absolute atomic E-state index is 13.2. The van der Waals surface area contributed by atoms with Gasteiger partial charge in [-0.2, -0.15) is 24.4 Å². The Kier molecular flexibility index (Phi) is 15.0. The van der Waals surface area contributed by atoms with Gasteiger partial charge in [0.2, 0.25) is 17.7 Å². The molecule has 13 nitrogen and oxygen atoms in total. The smallest absolute Gasteiger partial charge is 0.327 e. The number of aromatic hydroxyl groups is 1. The van der Waals surface area contributed by atoms with Crippen molar-refractivity contribution < 1.29 is 29.4 Å². The van der Waals surface area contributed by atoms with Gasteiger partial charge in [-0.1, -0.05) is 12.1 Å². The zero-order valence-electron chi connectivity index (χ0n) is 21.1. The molecule has 0 aliphatic heterocycles. The monoisotopic (exact) mass is 571 g/mol. The normalized spacial score (nSPS) is 13.9. The van der Waals surface area contributed by atoms with Gasteiger partial charge < -0.3 is 43.4 Å². The third-order valence-corrected chi connectivity index (χ3v) is 6.36. The Hall–Kier alpha value is -3.17. The Balaban J connectivity index is 2.98. The van der Waals surface area contributed by atoms with Crippen molar-refractivity contribution in [3.05, 3.63) is 29.8 Å². The minimum absolute atomic E-state index is 0.0772. The van der Waals surface area contributed by atoms with Gasteiger partial charge in [0.15, 0.2) is 5.96 Å². The number of benzene rings is 1. The molecule has 0 radical (unpaired) electrons. The van der Waals surface area contributed by atoms with Gasteiger partial charge >= 0.3 is 5.97 Å². The van der Waals surface area contributed by atoms with Gasteiger partial charge in [0.1, 0.15) is 23.9 Å². The number of nitrogens with two attached hydrogens (primary N) is 3. The fourth-order valence-corrected chi connectivity index (χ4v) is 3.98. The number of aliphatic imine (C=N–C) groups is 1. The number of hydrogen-bond donors (Lipinski definition) is 9. The molecular weight excluding hydrogens is 534 g/mol. The number of carboxylic acid groups (broad SMARTS) is 1. The molecule has 0 spiro atoms. The molecule has 1 aromatic rings. The van der Waals surface area contributed by atoms with Crippen LogP contribution in [0, 0.1) is 0 Å². The van der Waals surface area contributed by atoms with Crippen LogP contribution in [-0.4, -0.2) is 88.3 Å². The van der Waals surface area contributed by atoms with E-state index in [1.165, 1.54) is 23.9 Å². The average Bonchev–Trinajstić information content (AvgIpc) is 2.87. The number of amides is 3. The Morgan fingerprint density at radius 2 is 1.53 bits per heavy atom. The summed E-state index contributed by atoms with van der Waals surface area (Å²) in [5.74, 6) is -2.82. The molecule has 0 aliphatic rings. The number of nitrogens with zero attached hydrogens (tertiary/aromatic N) is 1. The first-order chi connectivity index (χ1) is 18.0. The lowest BCUT2D eigenvalue weighted by molar-refractivity contribution is -0.141. The lowest BCUT2D eigenvalue weighted by Crippen LogP contribution is -2.57. The molecule has 0 aromatic heterocycles. The van der Waals surface area contributed by atoms with Crippen LogP contribution in [0.5, 0.6) is 5.75 Å². The summed E-state index contributed by atoms with van der Waals surface area (Å²) in [5.41, 5.74) is 17.5. The van der Waals surface area contributed by atoms with E-state index in [1.807, 2.05) is 6.26 Å². The third-order valence-electron chi connectivity index (χ3n) is 5.35. The predicted molar refractivity (Wildman–Crippen MR) is 150 cm³/mol. The molecule has 4 unspecified atom stereocenters. The highest BCUT2D eigenvalue weighted by Gasteiger charge is 2.29. The van der Waals surface area contributed by atoms with Crippen molar-refractivity contribution in [1.29, 1.82) is 0 Å². The van der Waals surface area contributed by atoms with Crippen LogP contribution in [0.1, 0.15) is 24.8 Å². The van der Waals surface area contributed by atoms with Crippen LogP contribution < -0.4 is 33.2 Å². The number of guanidine groups is 1. The summed E-state index contributed by atoms with van der Waals surface area (Å²) in [4.78, 5) is 54.0. The summed E-state index contributed by atoms with van der Waals surface area (Å²) >= 11 is 5.39. The Labute approximate surface area is 231 Å². The fraction of sp³-hybridized carbons (Fsp3) is 0.522. The maximum Gasteiger partial charge on any atom is 0.327 e. The highest BCUT2D eigenvalue weighted by atomic mass is 32.2. The van der Waals surface area contributed by atoms with E-state index in [4.69, 9.17) is 17.2 Å². The lowest BCUT2D eigenvalue weighted by atomic mass is 10.0. The minimum Gasteiger partial charge on any atom is -0.508 e. The van der Waals surface area contributed by atoms with E-state index in [0.29, 0.717) is 17.7 Å². The van der Waals surface area contributed by atoms with E-state index in [0.717, 1.165) is 0 Å². The van der Waals surface area contributed by atoms with Gasteiger partial charge in [-0.15, -0.1) is 0 Å². The summed E-state index contributed by atoms with van der Waals surface area (Å²) in [5, 5.41) is 26.3. The number of carboxylic acids is 1. The van der Waals surface area contributed by atoms with Crippen molar-refractivity contribution in [2.24, 2.45) is 22.2 Å². The van der Waals surface area contributed by atoms with Crippen LogP contribution in [-0.2, 0) is 25.6 Å². The number of thioether (sulfide) groups is 1. The molecule has 1 aromatic carbocycles. The first kappa shape index (κ1) is 32.9. The minimum atomic E-state index is -1.25. The van der Waals surface area contributed by atoms with Crippen LogP contribution >= 0.6 is 24.4 Å². The van der Waals surface area contributed by atoms with Gasteiger partial charge in [-0.3, -0.25) is 19.4 Å². The molecule has 0 aliphatic carbocycles. The SMILES string of the molecule is CSCCC(NC(=O)C(CCCN=C(N)N)NC(=O)C(N)Cc1ccc(O)cc1)C(=O)NC(CS)C(=O)O. The van der Waals surface area contributed by atoms with Crippen molar-refractivity contribution in [1.82, 2.24) is 16.0 Å². The van der Waals surface area contributed by atoms with Crippen LogP contribution in [0.25, 0.3) is 0 Å². The quantitative estimate of drug-likeness (QED) is 0.0456. The second kappa shape index (κ2) is 17.4. The van der Waals surface area contributed by atoms with Crippen molar-refractivity contribution in [2.45, 2.75) is 49.9 Å². The largest absolute Gasteiger partial charge is 0.508 e. The average molecular weight is 572 g/mol. The fourth-order valence-electron chi connectivity index (χ4n) is 3.26. The van der Waals surface area contributed by atoms with E-state index < -0.39 is 47.9 Å².